The lowest BCUT2D eigenvalue weighted by Crippen LogP contribution is -2.19. The molecule has 21 heavy (non-hydrogen) atoms. The number of dihydropyridines is 1. The smallest absolute Gasteiger partial charge is 0.148 e. The molecule has 0 radical (unpaired) electrons. The summed E-state index contributed by atoms with van der Waals surface area (Å²) in [5, 5.41) is 12.6. The fraction of sp³-hybridized carbons (Fsp3) is 0.133. The minimum atomic E-state index is -0.515. The maximum atomic E-state index is 13.9. The molecule has 1 atom stereocenters. The van der Waals surface area contributed by atoms with Gasteiger partial charge in [-0.05, 0) is 50.8 Å². The maximum Gasteiger partial charge on any atom is 0.148 e. The molecular weight excluding hydrogens is 406 g/mol. The molecule has 0 bridgehead atoms. The second kappa shape index (κ2) is 5.81. The normalized spacial score (nSPS) is 20.3. The second-order valence-electron chi connectivity index (χ2n) is 4.71. The zero-order valence-electron chi connectivity index (χ0n) is 10.8. The average molecular weight is 417 g/mol. The van der Waals surface area contributed by atoms with Gasteiger partial charge >= 0.3 is 0 Å². The Bertz CT molecular complexity index is 725. The fourth-order valence-electron chi connectivity index (χ4n) is 2.25. The van der Waals surface area contributed by atoms with Gasteiger partial charge in [0.05, 0.1) is 16.8 Å². The number of aromatic hydroxyl groups is 1. The number of aliphatic imine (C=N–C) groups is 1. The van der Waals surface area contributed by atoms with Crippen LogP contribution in [-0.4, -0.2) is 17.4 Å². The second-order valence-corrected chi connectivity index (χ2v) is 6.50. The van der Waals surface area contributed by atoms with Gasteiger partial charge < -0.3 is 10.4 Å². The van der Waals surface area contributed by atoms with Crippen molar-refractivity contribution in [2.75, 3.05) is 5.32 Å². The molecule has 2 aliphatic rings. The van der Waals surface area contributed by atoms with E-state index in [2.05, 4.69) is 45.1 Å². The largest absolute Gasteiger partial charge is 0.506 e. The number of anilines is 1. The molecule has 108 valence electrons. The SMILES string of the molecule is Oc1cc(NC2=CC=NC3C=C(I)CC=C23)c(F)cc1Cl. The van der Waals surface area contributed by atoms with E-state index in [1.807, 2.05) is 0 Å². The van der Waals surface area contributed by atoms with Gasteiger partial charge in [-0.15, -0.1) is 0 Å². The van der Waals surface area contributed by atoms with Gasteiger partial charge in [-0.1, -0.05) is 17.7 Å². The standard InChI is InChI=1S/C15H11ClFIN2O/c16-10-6-11(17)14(7-15(10)21)20-12-3-4-19-13-5-8(18)1-2-9(12)13/h2-7,13,20-21H,1H2. The summed E-state index contributed by atoms with van der Waals surface area (Å²) in [5.74, 6) is -0.673. The Morgan fingerprint density at radius 2 is 2.24 bits per heavy atom. The first kappa shape index (κ1) is 14.6. The van der Waals surface area contributed by atoms with Crippen LogP contribution in [0.25, 0.3) is 0 Å². The van der Waals surface area contributed by atoms with Gasteiger partial charge in [0.1, 0.15) is 11.6 Å². The molecule has 3 rings (SSSR count). The fourth-order valence-corrected chi connectivity index (χ4v) is 2.96. The number of fused-ring (bicyclic) bond motifs is 1. The highest BCUT2D eigenvalue weighted by Gasteiger charge is 2.22. The van der Waals surface area contributed by atoms with Gasteiger partial charge in [0.15, 0.2) is 0 Å². The first-order valence-electron chi connectivity index (χ1n) is 6.29. The molecule has 1 unspecified atom stereocenters. The van der Waals surface area contributed by atoms with Gasteiger partial charge in [0, 0.05) is 23.6 Å². The summed E-state index contributed by atoms with van der Waals surface area (Å²) in [6.07, 6.45) is 8.49. The molecule has 0 fully saturated rings. The number of phenolic OH excluding ortho intramolecular Hbond substituents is 1. The molecule has 1 aliphatic carbocycles. The molecule has 0 aromatic heterocycles. The van der Waals surface area contributed by atoms with Crippen LogP contribution < -0.4 is 5.32 Å². The predicted octanol–water partition coefficient (Wildman–Crippen LogP) is 4.58. The van der Waals surface area contributed by atoms with Crippen molar-refractivity contribution in [2.24, 2.45) is 4.99 Å². The third-order valence-corrected chi connectivity index (χ3v) is 4.38. The molecule has 0 saturated carbocycles. The number of phenols is 1. The number of rotatable bonds is 2. The Kier molecular flexibility index (Phi) is 4.03. The van der Waals surface area contributed by atoms with Crippen molar-refractivity contribution >= 4 is 46.1 Å². The number of hydrogen-bond donors (Lipinski definition) is 2. The molecule has 1 heterocycles. The molecule has 3 nitrogen and oxygen atoms in total. The number of benzene rings is 1. The van der Waals surface area contributed by atoms with Crippen LogP contribution in [0.2, 0.25) is 5.02 Å². The molecule has 0 spiro atoms. The zero-order valence-corrected chi connectivity index (χ0v) is 13.7. The van der Waals surface area contributed by atoms with E-state index in [0.29, 0.717) is 0 Å². The summed E-state index contributed by atoms with van der Waals surface area (Å²) in [7, 11) is 0. The lowest BCUT2D eigenvalue weighted by Gasteiger charge is -2.24. The van der Waals surface area contributed by atoms with Crippen molar-refractivity contribution in [1.82, 2.24) is 0 Å². The van der Waals surface area contributed by atoms with E-state index in [1.54, 1.807) is 12.3 Å². The van der Waals surface area contributed by atoms with E-state index in [9.17, 15) is 9.50 Å². The quantitative estimate of drug-likeness (QED) is 0.693. The molecule has 1 aliphatic heterocycles. The van der Waals surface area contributed by atoms with Crippen LogP contribution in [0.1, 0.15) is 6.42 Å². The minimum absolute atomic E-state index is 0.00974. The van der Waals surface area contributed by atoms with E-state index in [4.69, 9.17) is 11.6 Å². The summed E-state index contributed by atoms with van der Waals surface area (Å²) >= 11 is 7.97. The number of hydrogen-bond acceptors (Lipinski definition) is 3. The van der Waals surface area contributed by atoms with Crippen LogP contribution in [0.3, 0.4) is 0 Å². The van der Waals surface area contributed by atoms with Gasteiger partial charge in [0.2, 0.25) is 0 Å². The van der Waals surface area contributed by atoms with Crippen LogP contribution in [0.5, 0.6) is 5.75 Å². The number of allylic oxidation sites excluding steroid dienone is 3. The van der Waals surface area contributed by atoms with E-state index < -0.39 is 5.82 Å². The van der Waals surface area contributed by atoms with Crippen molar-refractivity contribution in [3.63, 3.8) is 0 Å². The van der Waals surface area contributed by atoms with Gasteiger partial charge in [-0.3, -0.25) is 4.99 Å². The molecule has 2 N–H and O–H groups in total. The Morgan fingerprint density at radius 1 is 1.43 bits per heavy atom. The third kappa shape index (κ3) is 2.98. The zero-order chi connectivity index (χ0) is 15.0. The molecule has 0 saturated heterocycles. The van der Waals surface area contributed by atoms with Crippen LogP contribution in [0.15, 0.2) is 50.2 Å². The number of nitrogens with zero attached hydrogens (tertiary/aromatic N) is 1. The molecular formula is C15H11ClFIN2O. The summed E-state index contributed by atoms with van der Waals surface area (Å²) in [6, 6.07) is 2.33. The van der Waals surface area contributed by atoms with Crippen molar-refractivity contribution in [2.45, 2.75) is 12.5 Å². The third-order valence-electron chi connectivity index (χ3n) is 3.28. The Balaban J connectivity index is 1.90. The van der Waals surface area contributed by atoms with E-state index >= 15 is 0 Å². The highest BCUT2D eigenvalue weighted by molar-refractivity contribution is 14.1. The van der Waals surface area contributed by atoms with Gasteiger partial charge in [0.25, 0.3) is 0 Å². The highest BCUT2D eigenvalue weighted by atomic mass is 127. The van der Waals surface area contributed by atoms with E-state index in [1.165, 1.54) is 9.65 Å². The number of nitrogens with one attached hydrogen (secondary N) is 1. The van der Waals surface area contributed by atoms with Crippen LogP contribution in [0, 0.1) is 5.82 Å². The predicted molar refractivity (Wildman–Crippen MR) is 91.9 cm³/mol. The van der Waals surface area contributed by atoms with Crippen molar-refractivity contribution in [3.8, 4) is 5.75 Å². The van der Waals surface area contributed by atoms with Crippen molar-refractivity contribution < 1.29 is 9.50 Å². The van der Waals surface area contributed by atoms with Crippen LogP contribution in [-0.2, 0) is 0 Å². The average Bonchev–Trinajstić information content (AvgIpc) is 2.44. The number of halogens is 3. The van der Waals surface area contributed by atoms with Crippen molar-refractivity contribution in [3.05, 3.63) is 56.1 Å². The van der Waals surface area contributed by atoms with E-state index in [0.717, 1.165) is 23.8 Å². The minimum Gasteiger partial charge on any atom is -0.506 e. The molecule has 1 aromatic rings. The van der Waals surface area contributed by atoms with Crippen molar-refractivity contribution in [1.29, 1.82) is 0 Å². The summed E-state index contributed by atoms with van der Waals surface area (Å²) in [5.41, 5.74) is 1.96. The van der Waals surface area contributed by atoms with Gasteiger partial charge in [-0.25, -0.2) is 4.39 Å². The van der Waals surface area contributed by atoms with E-state index in [-0.39, 0.29) is 22.5 Å². The lowest BCUT2D eigenvalue weighted by molar-refractivity contribution is 0.474. The van der Waals surface area contributed by atoms with Gasteiger partial charge in [-0.2, -0.15) is 0 Å². The molecule has 6 heteroatoms. The molecule has 1 aromatic carbocycles. The summed E-state index contributed by atoms with van der Waals surface area (Å²) < 4.78 is 15.2. The first-order chi connectivity index (χ1) is 10.0. The topological polar surface area (TPSA) is 44.6 Å². The Labute approximate surface area is 140 Å². The summed E-state index contributed by atoms with van der Waals surface area (Å²) in [4.78, 5) is 4.39. The maximum absolute atomic E-state index is 13.9. The summed E-state index contributed by atoms with van der Waals surface area (Å²) in [6.45, 7) is 0. The van der Waals surface area contributed by atoms with Crippen LogP contribution in [0.4, 0.5) is 10.1 Å². The Morgan fingerprint density at radius 3 is 3.05 bits per heavy atom. The monoisotopic (exact) mass is 416 g/mol. The lowest BCUT2D eigenvalue weighted by atomic mass is 9.95. The highest BCUT2D eigenvalue weighted by Crippen LogP contribution is 2.34. The van der Waals surface area contributed by atoms with Crippen LogP contribution >= 0.6 is 34.2 Å². The Hall–Kier alpha value is -1.34. The first-order valence-corrected chi connectivity index (χ1v) is 7.75. The molecule has 0 amide bonds.